The third-order valence-corrected chi connectivity index (χ3v) is 6.01. The summed E-state index contributed by atoms with van der Waals surface area (Å²) in [6.07, 6.45) is 8.66. The van der Waals surface area contributed by atoms with Gasteiger partial charge in [0.15, 0.2) is 0 Å². The normalized spacial score (nSPS) is 14.8. The lowest BCUT2D eigenvalue weighted by Crippen LogP contribution is -2.35. The summed E-state index contributed by atoms with van der Waals surface area (Å²) in [5.41, 5.74) is 0. The highest BCUT2D eigenvalue weighted by atomic mass is 16.6. The molecule has 0 aliphatic rings. The largest absolute Gasteiger partial charge is 0.446 e. The van der Waals surface area contributed by atoms with Gasteiger partial charge in [-0.15, -0.1) is 0 Å². The second-order valence-electron chi connectivity index (χ2n) is 8.74. The van der Waals surface area contributed by atoms with Crippen LogP contribution in [-0.2, 0) is 14.2 Å². The SMILES string of the molecule is CCCC(OC(=O)NCCCCCCNC(=O)OC(CCC)C(CC)COC)C(C)CC. The maximum absolute atomic E-state index is 12.1. The number of hydrogen-bond acceptors (Lipinski definition) is 5. The molecule has 4 unspecified atom stereocenters. The molecule has 7 nitrogen and oxygen atoms in total. The van der Waals surface area contributed by atoms with E-state index in [0.29, 0.717) is 25.6 Å². The number of amides is 2. The lowest BCUT2D eigenvalue weighted by molar-refractivity contribution is 0.0206. The first-order chi connectivity index (χ1) is 15.4. The van der Waals surface area contributed by atoms with Crippen LogP contribution < -0.4 is 10.6 Å². The van der Waals surface area contributed by atoms with Crippen LogP contribution in [0.25, 0.3) is 0 Å². The Kier molecular flexibility index (Phi) is 19.2. The Morgan fingerprint density at radius 1 is 0.750 bits per heavy atom. The second-order valence-corrected chi connectivity index (χ2v) is 8.74. The second kappa shape index (κ2) is 20.1. The first-order valence-corrected chi connectivity index (χ1v) is 12.8. The minimum atomic E-state index is -0.342. The van der Waals surface area contributed by atoms with Crippen molar-refractivity contribution in [2.75, 3.05) is 26.8 Å². The molecule has 2 amide bonds. The summed E-state index contributed by atoms with van der Waals surface area (Å²) in [7, 11) is 1.68. The molecule has 0 aliphatic carbocycles. The zero-order chi connectivity index (χ0) is 24.2. The number of methoxy groups -OCH3 is 1. The number of rotatable bonds is 19. The molecule has 190 valence electrons. The molecular formula is C25H50N2O5. The minimum absolute atomic E-state index is 0.00476. The molecule has 0 saturated carbocycles. The number of carbonyl (C=O) groups excluding carboxylic acids is 2. The van der Waals surface area contributed by atoms with E-state index in [1.807, 2.05) is 0 Å². The van der Waals surface area contributed by atoms with E-state index in [1.54, 1.807) is 7.11 Å². The number of ether oxygens (including phenoxy) is 3. The van der Waals surface area contributed by atoms with Crippen molar-refractivity contribution in [2.45, 2.75) is 111 Å². The van der Waals surface area contributed by atoms with Crippen molar-refractivity contribution in [2.24, 2.45) is 11.8 Å². The van der Waals surface area contributed by atoms with Gasteiger partial charge >= 0.3 is 12.2 Å². The third-order valence-electron chi connectivity index (χ3n) is 6.01. The molecule has 0 heterocycles. The Morgan fingerprint density at radius 3 is 1.69 bits per heavy atom. The summed E-state index contributed by atoms with van der Waals surface area (Å²) < 4.78 is 16.5. The zero-order valence-corrected chi connectivity index (χ0v) is 21.5. The summed E-state index contributed by atoms with van der Waals surface area (Å²) in [6, 6.07) is 0. The van der Waals surface area contributed by atoms with Gasteiger partial charge in [0.1, 0.15) is 12.2 Å². The molecule has 7 heteroatoms. The van der Waals surface area contributed by atoms with Crippen molar-refractivity contribution >= 4 is 12.2 Å². The van der Waals surface area contributed by atoms with Crippen molar-refractivity contribution in [3.63, 3.8) is 0 Å². The summed E-state index contributed by atoms with van der Waals surface area (Å²) >= 11 is 0. The van der Waals surface area contributed by atoms with E-state index in [1.165, 1.54) is 0 Å². The fourth-order valence-corrected chi connectivity index (χ4v) is 3.73. The van der Waals surface area contributed by atoms with Gasteiger partial charge in [-0.1, -0.05) is 66.7 Å². The molecule has 2 N–H and O–H groups in total. The van der Waals surface area contributed by atoms with Crippen molar-refractivity contribution in [1.82, 2.24) is 10.6 Å². The Morgan fingerprint density at radius 2 is 1.25 bits per heavy atom. The molecule has 0 aromatic rings. The standard InChI is InChI=1S/C25H50N2O5/c1-7-15-22(20(5)9-3)31-24(28)26-17-13-11-12-14-18-27-25(29)32-23(16-8-2)21(10-4)19-30-6/h20-23H,7-19H2,1-6H3,(H,26,28)(H,27,29). The van der Waals surface area contributed by atoms with Gasteiger partial charge in [-0.25, -0.2) is 9.59 Å². The molecule has 0 radical (unpaired) electrons. The topological polar surface area (TPSA) is 85.9 Å². The van der Waals surface area contributed by atoms with Crippen LogP contribution in [-0.4, -0.2) is 51.2 Å². The molecule has 0 spiro atoms. The number of unbranched alkanes of at least 4 members (excludes halogenated alkanes) is 3. The van der Waals surface area contributed by atoms with E-state index < -0.39 is 0 Å². The molecule has 0 rings (SSSR count). The average molecular weight is 459 g/mol. The number of hydrogen-bond donors (Lipinski definition) is 2. The van der Waals surface area contributed by atoms with Crippen LogP contribution in [0.3, 0.4) is 0 Å². The highest BCUT2D eigenvalue weighted by molar-refractivity contribution is 5.67. The predicted molar refractivity (Wildman–Crippen MR) is 130 cm³/mol. The maximum Gasteiger partial charge on any atom is 0.407 e. The molecule has 32 heavy (non-hydrogen) atoms. The summed E-state index contributed by atoms with van der Waals surface area (Å²) in [5, 5.41) is 5.72. The highest BCUT2D eigenvalue weighted by Gasteiger charge is 2.23. The molecular weight excluding hydrogens is 408 g/mol. The van der Waals surface area contributed by atoms with Crippen LogP contribution in [0.2, 0.25) is 0 Å². The van der Waals surface area contributed by atoms with E-state index in [9.17, 15) is 9.59 Å². The quantitative estimate of drug-likeness (QED) is 0.230. The first-order valence-electron chi connectivity index (χ1n) is 12.8. The van der Waals surface area contributed by atoms with E-state index in [0.717, 1.165) is 64.2 Å². The Bertz CT molecular complexity index is 475. The summed E-state index contributed by atoms with van der Waals surface area (Å²) in [5.74, 6) is 0.609. The smallest absolute Gasteiger partial charge is 0.407 e. The van der Waals surface area contributed by atoms with Crippen LogP contribution >= 0.6 is 0 Å². The highest BCUT2D eigenvalue weighted by Crippen LogP contribution is 2.18. The first kappa shape index (κ1) is 30.5. The van der Waals surface area contributed by atoms with Crippen molar-refractivity contribution < 1.29 is 23.8 Å². The average Bonchev–Trinajstić information content (AvgIpc) is 2.78. The maximum atomic E-state index is 12.1. The third kappa shape index (κ3) is 14.5. The fraction of sp³-hybridized carbons (Fsp3) is 0.920. The van der Waals surface area contributed by atoms with Gasteiger partial charge in [-0.2, -0.15) is 0 Å². The van der Waals surface area contributed by atoms with Gasteiger partial charge in [-0.05, 0) is 38.0 Å². The number of nitrogens with one attached hydrogen (secondary N) is 2. The number of alkyl carbamates (subject to hydrolysis) is 2. The lowest BCUT2D eigenvalue weighted by atomic mass is 9.97. The number of carbonyl (C=O) groups is 2. The molecule has 4 atom stereocenters. The van der Waals surface area contributed by atoms with Crippen molar-refractivity contribution in [3.05, 3.63) is 0 Å². The van der Waals surface area contributed by atoms with Crippen molar-refractivity contribution in [1.29, 1.82) is 0 Å². The lowest BCUT2D eigenvalue weighted by Gasteiger charge is -2.25. The monoisotopic (exact) mass is 458 g/mol. The van der Waals surface area contributed by atoms with E-state index in [2.05, 4.69) is 45.3 Å². The van der Waals surface area contributed by atoms with Crippen LogP contribution in [0.1, 0.15) is 98.8 Å². The van der Waals surface area contributed by atoms with Gasteiger partial charge in [0.05, 0.1) is 6.61 Å². The van der Waals surface area contributed by atoms with E-state index in [-0.39, 0.29) is 30.3 Å². The molecule has 0 aromatic carbocycles. The predicted octanol–water partition coefficient (Wildman–Crippen LogP) is 6.06. The van der Waals surface area contributed by atoms with Crippen LogP contribution in [0.15, 0.2) is 0 Å². The van der Waals surface area contributed by atoms with E-state index >= 15 is 0 Å². The van der Waals surface area contributed by atoms with Gasteiger partial charge in [0.2, 0.25) is 0 Å². The van der Waals surface area contributed by atoms with Crippen LogP contribution in [0.4, 0.5) is 9.59 Å². The Balaban J connectivity index is 3.93. The zero-order valence-electron chi connectivity index (χ0n) is 21.5. The van der Waals surface area contributed by atoms with Crippen LogP contribution in [0.5, 0.6) is 0 Å². The van der Waals surface area contributed by atoms with Crippen molar-refractivity contribution in [3.8, 4) is 0 Å². The summed E-state index contributed by atoms with van der Waals surface area (Å²) in [6.45, 7) is 12.4. The van der Waals surface area contributed by atoms with E-state index in [4.69, 9.17) is 14.2 Å². The minimum Gasteiger partial charge on any atom is -0.446 e. The van der Waals surface area contributed by atoms with Gasteiger partial charge in [0.25, 0.3) is 0 Å². The van der Waals surface area contributed by atoms with Gasteiger partial charge in [-0.3, -0.25) is 0 Å². The molecule has 0 aliphatic heterocycles. The Hall–Kier alpha value is -1.50. The Labute approximate surface area is 196 Å². The molecule has 0 fully saturated rings. The molecule has 0 aromatic heterocycles. The van der Waals surface area contributed by atoms with Gasteiger partial charge in [0, 0.05) is 26.1 Å². The van der Waals surface area contributed by atoms with Crippen LogP contribution in [0, 0.1) is 11.8 Å². The summed E-state index contributed by atoms with van der Waals surface area (Å²) in [4.78, 5) is 24.1. The molecule has 0 bridgehead atoms. The molecule has 0 saturated heterocycles. The van der Waals surface area contributed by atoms with Gasteiger partial charge < -0.3 is 24.8 Å². The fourth-order valence-electron chi connectivity index (χ4n) is 3.73.